The molecule has 0 fully saturated rings. The number of nitrogens with one attached hydrogen (secondary N) is 1. The molecule has 3 nitrogen and oxygen atoms in total. The molecule has 2 rings (SSSR count). The molecule has 1 aromatic heterocycles. The number of aryl methyl sites for hydroxylation is 1. The number of hydrogen-bond donors (Lipinski definition) is 1. The van der Waals surface area contributed by atoms with Crippen molar-refractivity contribution in [3.8, 4) is 5.75 Å². The third-order valence-electron chi connectivity index (χ3n) is 3.41. The van der Waals surface area contributed by atoms with Gasteiger partial charge in [-0.25, -0.2) is 4.39 Å². The van der Waals surface area contributed by atoms with Crippen LogP contribution >= 0.6 is 0 Å². The van der Waals surface area contributed by atoms with Gasteiger partial charge in [-0.2, -0.15) is 0 Å². The van der Waals surface area contributed by atoms with Crippen LogP contribution < -0.4 is 10.1 Å². The zero-order chi connectivity index (χ0) is 14.4. The molecule has 0 spiro atoms. The highest BCUT2D eigenvalue weighted by atomic mass is 19.1. The molecular weight excluding hydrogens is 255 g/mol. The summed E-state index contributed by atoms with van der Waals surface area (Å²) in [7, 11) is 3.50. The number of methoxy groups -OCH3 is 1. The van der Waals surface area contributed by atoms with Gasteiger partial charge in [0.05, 0.1) is 13.3 Å². The first kappa shape index (κ1) is 14.5. The van der Waals surface area contributed by atoms with E-state index >= 15 is 0 Å². The van der Waals surface area contributed by atoms with Gasteiger partial charge in [-0.1, -0.05) is 12.1 Å². The first-order chi connectivity index (χ1) is 9.74. The molecule has 0 saturated carbocycles. The third-order valence-corrected chi connectivity index (χ3v) is 3.41. The fourth-order valence-corrected chi connectivity index (χ4v) is 2.23. The predicted octanol–water partition coefficient (Wildman–Crippen LogP) is 3.12. The zero-order valence-corrected chi connectivity index (χ0v) is 11.8. The number of hydrogen-bond acceptors (Lipinski definition) is 3. The lowest BCUT2D eigenvalue weighted by molar-refractivity contribution is 0.414. The number of pyridine rings is 1. The van der Waals surface area contributed by atoms with Crippen LogP contribution in [0.1, 0.15) is 23.6 Å². The summed E-state index contributed by atoms with van der Waals surface area (Å²) in [4.78, 5) is 3.78. The van der Waals surface area contributed by atoms with E-state index in [1.807, 2.05) is 31.3 Å². The summed E-state index contributed by atoms with van der Waals surface area (Å²) < 4.78 is 18.9. The minimum absolute atomic E-state index is 0.0138. The zero-order valence-electron chi connectivity index (χ0n) is 11.8. The molecule has 20 heavy (non-hydrogen) atoms. The SMILES string of the molecule is CNC(CCc1ccc(OC)cc1)c1ccncc1F. The number of aromatic nitrogens is 1. The molecule has 2 aromatic rings. The summed E-state index contributed by atoms with van der Waals surface area (Å²) in [6, 6.07) is 9.67. The Hall–Kier alpha value is -1.94. The van der Waals surface area contributed by atoms with Crippen molar-refractivity contribution in [2.45, 2.75) is 18.9 Å². The van der Waals surface area contributed by atoms with E-state index in [0.29, 0.717) is 5.56 Å². The maximum atomic E-state index is 13.7. The topological polar surface area (TPSA) is 34.1 Å². The summed E-state index contributed by atoms with van der Waals surface area (Å²) in [5.74, 6) is 0.584. The van der Waals surface area contributed by atoms with Crippen LogP contribution in [0.3, 0.4) is 0 Å². The van der Waals surface area contributed by atoms with Crippen molar-refractivity contribution in [2.75, 3.05) is 14.2 Å². The molecule has 0 aliphatic rings. The molecule has 0 radical (unpaired) electrons. The molecule has 1 heterocycles. The average Bonchev–Trinajstić information content (AvgIpc) is 2.50. The lowest BCUT2D eigenvalue weighted by Gasteiger charge is -2.17. The average molecular weight is 274 g/mol. The highest BCUT2D eigenvalue weighted by Gasteiger charge is 2.13. The van der Waals surface area contributed by atoms with Gasteiger partial charge in [0, 0.05) is 17.8 Å². The minimum Gasteiger partial charge on any atom is -0.497 e. The van der Waals surface area contributed by atoms with Gasteiger partial charge < -0.3 is 10.1 Å². The molecule has 0 saturated heterocycles. The Morgan fingerprint density at radius 3 is 2.60 bits per heavy atom. The van der Waals surface area contributed by atoms with Crippen LogP contribution in [-0.2, 0) is 6.42 Å². The van der Waals surface area contributed by atoms with Gasteiger partial charge >= 0.3 is 0 Å². The molecule has 0 bridgehead atoms. The quantitative estimate of drug-likeness (QED) is 0.878. The van der Waals surface area contributed by atoms with Gasteiger partial charge in [0.15, 0.2) is 0 Å². The van der Waals surface area contributed by atoms with Crippen molar-refractivity contribution in [1.29, 1.82) is 0 Å². The Morgan fingerprint density at radius 1 is 1.25 bits per heavy atom. The largest absolute Gasteiger partial charge is 0.497 e. The van der Waals surface area contributed by atoms with Crippen molar-refractivity contribution in [3.05, 3.63) is 59.7 Å². The Labute approximate surface area is 118 Å². The van der Waals surface area contributed by atoms with Crippen molar-refractivity contribution < 1.29 is 9.13 Å². The summed E-state index contributed by atoms with van der Waals surface area (Å²) in [6.07, 6.45) is 4.57. The normalized spacial score (nSPS) is 12.2. The van der Waals surface area contributed by atoms with Gasteiger partial charge in [0.1, 0.15) is 11.6 Å². The predicted molar refractivity (Wildman–Crippen MR) is 77.3 cm³/mol. The molecule has 1 N–H and O–H groups in total. The highest BCUT2D eigenvalue weighted by molar-refractivity contribution is 5.27. The second kappa shape index (κ2) is 7.01. The number of benzene rings is 1. The molecule has 1 unspecified atom stereocenters. The molecule has 4 heteroatoms. The van der Waals surface area contributed by atoms with Crippen LogP contribution in [0.15, 0.2) is 42.7 Å². The Balaban J connectivity index is 2.02. The van der Waals surface area contributed by atoms with Crippen LogP contribution in [0, 0.1) is 5.82 Å². The molecular formula is C16H19FN2O. The molecule has 1 aromatic carbocycles. The van der Waals surface area contributed by atoms with Crippen LogP contribution in [0.5, 0.6) is 5.75 Å². The first-order valence-electron chi connectivity index (χ1n) is 6.64. The van der Waals surface area contributed by atoms with Crippen molar-refractivity contribution in [1.82, 2.24) is 10.3 Å². The van der Waals surface area contributed by atoms with E-state index in [4.69, 9.17) is 4.74 Å². The molecule has 1 atom stereocenters. The Bertz CT molecular complexity index is 542. The summed E-state index contributed by atoms with van der Waals surface area (Å²) in [5.41, 5.74) is 1.87. The standard InChI is InChI=1S/C16H19FN2O/c1-18-16(14-9-10-19-11-15(14)17)8-5-12-3-6-13(20-2)7-4-12/h3-4,6-7,9-11,16,18H,5,8H2,1-2H3. The van der Waals surface area contributed by atoms with Gasteiger partial charge in [-0.05, 0) is 43.7 Å². The smallest absolute Gasteiger partial charge is 0.146 e. The molecule has 0 aliphatic heterocycles. The second-order valence-corrected chi connectivity index (χ2v) is 4.63. The summed E-state index contributed by atoms with van der Waals surface area (Å²) in [6.45, 7) is 0. The van der Waals surface area contributed by atoms with E-state index in [1.165, 1.54) is 11.8 Å². The number of halogens is 1. The summed E-state index contributed by atoms with van der Waals surface area (Å²) in [5, 5.41) is 3.16. The molecule has 0 aliphatic carbocycles. The molecule has 0 amide bonds. The van der Waals surface area contributed by atoms with E-state index in [1.54, 1.807) is 19.4 Å². The van der Waals surface area contributed by atoms with Gasteiger partial charge in [-0.3, -0.25) is 4.98 Å². The van der Waals surface area contributed by atoms with E-state index in [0.717, 1.165) is 18.6 Å². The lowest BCUT2D eigenvalue weighted by Crippen LogP contribution is -2.18. The van der Waals surface area contributed by atoms with Crippen molar-refractivity contribution in [3.63, 3.8) is 0 Å². The maximum absolute atomic E-state index is 13.7. The minimum atomic E-state index is -0.262. The van der Waals surface area contributed by atoms with E-state index in [-0.39, 0.29) is 11.9 Å². The third kappa shape index (κ3) is 3.54. The Kier molecular flexibility index (Phi) is 5.07. The number of nitrogens with zero attached hydrogens (tertiary/aromatic N) is 1. The number of rotatable bonds is 6. The first-order valence-corrected chi connectivity index (χ1v) is 6.64. The van der Waals surface area contributed by atoms with Crippen LogP contribution in [0.2, 0.25) is 0 Å². The summed E-state index contributed by atoms with van der Waals surface area (Å²) >= 11 is 0. The van der Waals surface area contributed by atoms with Crippen LogP contribution in [0.4, 0.5) is 4.39 Å². The van der Waals surface area contributed by atoms with E-state index < -0.39 is 0 Å². The van der Waals surface area contributed by atoms with Crippen LogP contribution in [-0.4, -0.2) is 19.1 Å². The van der Waals surface area contributed by atoms with E-state index in [9.17, 15) is 4.39 Å². The fraction of sp³-hybridized carbons (Fsp3) is 0.312. The fourth-order valence-electron chi connectivity index (χ4n) is 2.23. The lowest BCUT2D eigenvalue weighted by atomic mass is 9.99. The molecule has 106 valence electrons. The van der Waals surface area contributed by atoms with Crippen molar-refractivity contribution in [2.24, 2.45) is 0 Å². The van der Waals surface area contributed by atoms with Crippen molar-refractivity contribution >= 4 is 0 Å². The number of ether oxygens (including phenoxy) is 1. The van der Waals surface area contributed by atoms with Gasteiger partial charge in [-0.15, -0.1) is 0 Å². The highest BCUT2D eigenvalue weighted by Crippen LogP contribution is 2.21. The van der Waals surface area contributed by atoms with Gasteiger partial charge in [0.2, 0.25) is 0 Å². The van der Waals surface area contributed by atoms with Gasteiger partial charge in [0.25, 0.3) is 0 Å². The Morgan fingerprint density at radius 2 is 2.00 bits per heavy atom. The van der Waals surface area contributed by atoms with E-state index in [2.05, 4.69) is 10.3 Å². The maximum Gasteiger partial charge on any atom is 0.146 e. The monoisotopic (exact) mass is 274 g/mol. The van der Waals surface area contributed by atoms with Crippen LogP contribution in [0.25, 0.3) is 0 Å². The second-order valence-electron chi connectivity index (χ2n) is 4.63.